The van der Waals surface area contributed by atoms with Crippen LogP contribution in [0.4, 0.5) is 0 Å². The molecule has 2 saturated heterocycles. The molecule has 3 aromatic carbocycles. The molecule has 0 aliphatic carbocycles. The lowest BCUT2D eigenvalue weighted by Gasteiger charge is -2.37. The number of rotatable bonds is 9. The van der Waals surface area contributed by atoms with Crippen LogP contribution in [0.3, 0.4) is 0 Å². The Balaban J connectivity index is 1.55. The maximum absolute atomic E-state index is 9.99. The molecule has 0 bridgehead atoms. The Kier molecular flexibility index (Phi) is 7.76. The summed E-state index contributed by atoms with van der Waals surface area (Å²) in [5.74, 6) is -0.879. The molecule has 1 N–H and O–H groups in total. The van der Waals surface area contributed by atoms with Crippen molar-refractivity contribution in [2.75, 3.05) is 13.2 Å². The summed E-state index contributed by atoms with van der Waals surface area (Å²) in [6.45, 7) is 5.86. The van der Waals surface area contributed by atoms with E-state index < -0.39 is 35.3 Å². The standard InChI is InChI=1S/C33H33N3O4/c1-31(2)39-30-28(38-29(32(30,3)40-31)24(21-35)22-36-20-19-34)23-37-33(25-13-7-4-8-14-25,26-15-9-5-10-16-26)27-17-11-6-12-18-27/h4-18,22,28-30,36H,20,23H2,1-3H3/b24-22+/t28?,29?,30-,32+/m1/s1. The van der Waals surface area contributed by atoms with Crippen molar-refractivity contribution in [2.24, 2.45) is 0 Å². The molecule has 2 unspecified atom stereocenters. The van der Waals surface area contributed by atoms with E-state index in [1.807, 2.05) is 81.4 Å². The third-order valence-electron chi connectivity index (χ3n) is 7.47. The Morgan fingerprint density at radius 1 is 0.900 bits per heavy atom. The Hall–Kier alpha value is -3.98. The van der Waals surface area contributed by atoms with Crippen LogP contribution in [0.15, 0.2) is 103 Å². The summed E-state index contributed by atoms with van der Waals surface area (Å²) in [6, 6.07) is 34.7. The second kappa shape index (κ2) is 11.3. The van der Waals surface area contributed by atoms with Gasteiger partial charge in [-0.25, -0.2) is 0 Å². The van der Waals surface area contributed by atoms with Gasteiger partial charge >= 0.3 is 0 Å². The predicted molar refractivity (Wildman–Crippen MR) is 150 cm³/mol. The number of fused-ring (bicyclic) bond motifs is 1. The number of nitriles is 2. The summed E-state index contributed by atoms with van der Waals surface area (Å²) in [4.78, 5) is 0. The molecule has 7 heteroatoms. The highest BCUT2D eigenvalue weighted by atomic mass is 16.8. The first-order valence-electron chi connectivity index (χ1n) is 13.4. The summed E-state index contributed by atoms with van der Waals surface area (Å²) in [6.07, 6.45) is -0.236. The zero-order valence-corrected chi connectivity index (χ0v) is 22.9. The van der Waals surface area contributed by atoms with Crippen LogP contribution in [0.1, 0.15) is 37.5 Å². The second-order valence-electron chi connectivity index (χ2n) is 10.6. The fraction of sp³-hybridized carbons (Fsp3) is 0.333. The van der Waals surface area contributed by atoms with Gasteiger partial charge in [-0.05, 0) is 37.5 Å². The Labute approximate surface area is 235 Å². The number of hydrogen-bond acceptors (Lipinski definition) is 7. The molecule has 0 aromatic heterocycles. The summed E-state index contributed by atoms with van der Waals surface area (Å²) in [7, 11) is 0. The van der Waals surface area contributed by atoms with Gasteiger partial charge in [0.15, 0.2) is 5.79 Å². The molecular formula is C33H33N3O4. The molecule has 3 aromatic rings. The van der Waals surface area contributed by atoms with Crippen LogP contribution in [0.2, 0.25) is 0 Å². The van der Waals surface area contributed by atoms with Gasteiger partial charge in [-0.2, -0.15) is 10.5 Å². The van der Waals surface area contributed by atoms with E-state index in [0.29, 0.717) is 5.57 Å². The van der Waals surface area contributed by atoms with Crippen molar-refractivity contribution in [1.29, 1.82) is 10.5 Å². The van der Waals surface area contributed by atoms with Crippen molar-refractivity contribution in [2.45, 2.75) is 56.1 Å². The summed E-state index contributed by atoms with van der Waals surface area (Å²) < 4.78 is 26.3. The first-order valence-corrected chi connectivity index (χ1v) is 13.4. The lowest BCUT2D eigenvalue weighted by molar-refractivity contribution is -0.203. The highest BCUT2D eigenvalue weighted by Crippen LogP contribution is 2.49. The number of nitrogens with one attached hydrogen (secondary N) is 1. The van der Waals surface area contributed by atoms with E-state index in [2.05, 4.69) is 47.8 Å². The summed E-state index contributed by atoms with van der Waals surface area (Å²) in [5, 5.41) is 21.8. The van der Waals surface area contributed by atoms with Gasteiger partial charge in [0, 0.05) is 6.20 Å². The van der Waals surface area contributed by atoms with E-state index in [4.69, 9.17) is 24.2 Å². The molecule has 4 atom stereocenters. The third-order valence-corrected chi connectivity index (χ3v) is 7.47. The first kappa shape index (κ1) is 27.6. The van der Waals surface area contributed by atoms with Crippen LogP contribution in [-0.2, 0) is 24.5 Å². The van der Waals surface area contributed by atoms with Gasteiger partial charge in [0.1, 0.15) is 36.1 Å². The lowest BCUT2D eigenvalue weighted by atomic mass is 9.80. The summed E-state index contributed by atoms with van der Waals surface area (Å²) >= 11 is 0. The van der Waals surface area contributed by atoms with Crippen LogP contribution >= 0.6 is 0 Å². The van der Waals surface area contributed by atoms with Crippen molar-refractivity contribution in [3.8, 4) is 12.1 Å². The third kappa shape index (κ3) is 5.01. The zero-order chi connectivity index (χ0) is 28.2. The minimum Gasteiger partial charge on any atom is -0.377 e. The van der Waals surface area contributed by atoms with Crippen molar-refractivity contribution in [3.05, 3.63) is 119 Å². The fourth-order valence-corrected chi connectivity index (χ4v) is 5.92. The second-order valence-corrected chi connectivity index (χ2v) is 10.6. The number of ether oxygens (including phenoxy) is 4. The molecule has 2 aliphatic heterocycles. The Morgan fingerprint density at radius 3 is 1.90 bits per heavy atom. The SMILES string of the molecule is CC1(C)O[C@@H]2C(COC(c3ccccc3)(c3ccccc3)c3ccccc3)OC(/C(C#N)=C/NCC#N)[C@]2(C)O1. The molecule has 40 heavy (non-hydrogen) atoms. The molecule has 0 spiro atoms. The summed E-state index contributed by atoms with van der Waals surface area (Å²) in [5.41, 5.74) is 1.39. The predicted octanol–water partition coefficient (Wildman–Crippen LogP) is 5.19. The molecule has 2 aliphatic rings. The Bertz CT molecular complexity index is 1320. The minimum atomic E-state index is -0.942. The maximum Gasteiger partial charge on any atom is 0.164 e. The molecule has 0 saturated carbocycles. The van der Waals surface area contributed by atoms with Gasteiger partial charge in [-0.3, -0.25) is 0 Å². The fourth-order valence-electron chi connectivity index (χ4n) is 5.92. The van der Waals surface area contributed by atoms with Crippen molar-refractivity contribution < 1.29 is 18.9 Å². The Morgan fingerprint density at radius 2 is 1.43 bits per heavy atom. The zero-order valence-electron chi connectivity index (χ0n) is 22.9. The smallest absolute Gasteiger partial charge is 0.164 e. The largest absolute Gasteiger partial charge is 0.377 e. The number of nitrogens with zero attached hydrogens (tertiary/aromatic N) is 2. The van der Waals surface area contributed by atoms with E-state index in [1.54, 1.807) is 0 Å². The minimum absolute atomic E-state index is 0.0706. The van der Waals surface area contributed by atoms with E-state index in [0.717, 1.165) is 16.7 Å². The average molecular weight is 536 g/mol. The number of benzene rings is 3. The first-order chi connectivity index (χ1) is 19.3. The van der Waals surface area contributed by atoms with Gasteiger partial charge in [0.2, 0.25) is 0 Å². The average Bonchev–Trinajstić information content (AvgIpc) is 3.38. The van der Waals surface area contributed by atoms with Gasteiger partial charge in [0.05, 0.1) is 24.3 Å². The lowest BCUT2D eigenvalue weighted by Crippen LogP contribution is -2.45. The van der Waals surface area contributed by atoms with Crippen molar-refractivity contribution in [1.82, 2.24) is 5.32 Å². The van der Waals surface area contributed by atoms with Crippen LogP contribution in [0.25, 0.3) is 0 Å². The molecule has 2 fully saturated rings. The van der Waals surface area contributed by atoms with E-state index >= 15 is 0 Å². The topological polar surface area (TPSA) is 96.5 Å². The number of hydrogen-bond donors (Lipinski definition) is 1. The van der Waals surface area contributed by atoms with Gasteiger partial charge in [-0.15, -0.1) is 0 Å². The molecule has 2 heterocycles. The highest BCUT2D eigenvalue weighted by molar-refractivity contribution is 5.47. The molecule has 204 valence electrons. The molecular weight excluding hydrogens is 502 g/mol. The van der Waals surface area contributed by atoms with Crippen LogP contribution in [0, 0.1) is 22.7 Å². The quantitative estimate of drug-likeness (QED) is 0.174. The molecule has 7 nitrogen and oxygen atoms in total. The monoisotopic (exact) mass is 535 g/mol. The van der Waals surface area contributed by atoms with E-state index in [1.165, 1.54) is 6.20 Å². The van der Waals surface area contributed by atoms with E-state index in [9.17, 15) is 5.26 Å². The van der Waals surface area contributed by atoms with Crippen molar-refractivity contribution >= 4 is 0 Å². The molecule has 0 radical (unpaired) electrons. The van der Waals surface area contributed by atoms with E-state index in [-0.39, 0.29) is 13.2 Å². The van der Waals surface area contributed by atoms with Crippen molar-refractivity contribution in [3.63, 3.8) is 0 Å². The van der Waals surface area contributed by atoms with Crippen LogP contribution in [-0.4, -0.2) is 42.9 Å². The maximum atomic E-state index is 9.99. The van der Waals surface area contributed by atoms with Gasteiger partial charge < -0.3 is 24.3 Å². The molecule has 0 amide bonds. The van der Waals surface area contributed by atoms with Crippen LogP contribution < -0.4 is 5.32 Å². The van der Waals surface area contributed by atoms with Gasteiger partial charge in [-0.1, -0.05) is 91.0 Å². The van der Waals surface area contributed by atoms with Gasteiger partial charge in [0.25, 0.3) is 0 Å². The normalized spacial score (nSPS) is 25.5. The highest BCUT2D eigenvalue weighted by Gasteiger charge is 2.64. The van der Waals surface area contributed by atoms with Crippen LogP contribution in [0.5, 0.6) is 0 Å². The molecule has 5 rings (SSSR count).